The first-order valence-electron chi connectivity index (χ1n) is 7.82. The van der Waals surface area contributed by atoms with Crippen molar-refractivity contribution < 1.29 is 9.26 Å². The molecular formula is C17H23N3O2. The second kappa shape index (κ2) is 6.48. The van der Waals surface area contributed by atoms with E-state index in [1.165, 1.54) is 11.1 Å². The molecule has 0 atom stereocenters. The number of likely N-dealkylation sites (tertiary alicyclic amines) is 1. The Morgan fingerprint density at radius 1 is 1.27 bits per heavy atom. The Kier molecular flexibility index (Phi) is 4.43. The summed E-state index contributed by atoms with van der Waals surface area (Å²) >= 11 is 0. The number of hydrogen-bond donors (Lipinski definition) is 0. The summed E-state index contributed by atoms with van der Waals surface area (Å²) in [5.74, 6) is 2.87. The quantitative estimate of drug-likeness (QED) is 0.868. The minimum atomic E-state index is 0.411. The molecule has 0 radical (unpaired) electrons. The minimum Gasteiger partial charge on any atom is -0.497 e. The van der Waals surface area contributed by atoms with Crippen LogP contribution < -0.4 is 4.74 Å². The van der Waals surface area contributed by atoms with Crippen LogP contribution in [0.1, 0.15) is 41.6 Å². The van der Waals surface area contributed by atoms with Gasteiger partial charge in [0.15, 0.2) is 5.82 Å². The third kappa shape index (κ3) is 3.30. The van der Waals surface area contributed by atoms with Crippen molar-refractivity contribution in [2.45, 2.75) is 39.2 Å². The van der Waals surface area contributed by atoms with Crippen molar-refractivity contribution in [2.24, 2.45) is 0 Å². The fourth-order valence-corrected chi connectivity index (χ4v) is 3.03. The van der Waals surface area contributed by atoms with E-state index in [1.807, 2.05) is 13.0 Å². The van der Waals surface area contributed by atoms with Gasteiger partial charge in [0.05, 0.1) is 7.11 Å². The lowest BCUT2D eigenvalue weighted by Gasteiger charge is -2.30. The summed E-state index contributed by atoms with van der Waals surface area (Å²) in [4.78, 5) is 6.86. The van der Waals surface area contributed by atoms with Gasteiger partial charge in [-0.3, -0.25) is 4.90 Å². The maximum Gasteiger partial charge on any atom is 0.229 e. The Labute approximate surface area is 131 Å². The van der Waals surface area contributed by atoms with E-state index in [-0.39, 0.29) is 0 Å². The fraction of sp³-hybridized carbons (Fsp3) is 0.529. The van der Waals surface area contributed by atoms with E-state index in [0.717, 1.165) is 49.9 Å². The standard InChI is InChI=1S/C17H23N3O2/c1-12-10-16(21-3)5-4-15(12)11-20-8-6-14(7-9-20)17-18-13(2)19-22-17/h4-5,10,14H,6-9,11H2,1-3H3. The van der Waals surface area contributed by atoms with Crippen LogP contribution in [0.15, 0.2) is 22.7 Å². The number of hydrogen-bond acceptors (Lipinski definition) is 5. The van der Waals surface area contributed by atoms with Crippen LogP contribution in [0, 0.1) is 13.8 Å². The van der Waals surface area contributed by atoms with Crippen LogP contribution in [0.5, 0.6) is 5.75 Å². The molecule has 1 aromatic heterocycles. The summed E-state index contributed by atoms with van der Waals surface area (Å²) in [5, 5.41) is 3.89. The molecule has 2 aromatic rings. The molecule has 0 saturated carbocycles. The normalized spacial score (nSPS) is 16.9. The van der Waals surface area contributed by atoms with Crippen LogP contribution in [-0.4, -0.2) is 35.2 Å². The van der Waals surface area contributed by atoms with E-state index in [4.69, 9.17) is 9.26 Å². The predicted molar refractivity (Wildman–Crippen MR) is 84.0 cm³/mol. The Hall–Kier alpha value is -1.88. The maximum absolute atomic E-state index is 5.31. The van der Waals surface area contributed by atoms with Crippen LogP contribution in [0.3, 0.4) is 0 Å². The molecule has 0 amide bonds. The average molecular weight is 301 g/mol. The lowest BCUT2D eigenvalue weighted by Crippen LogP contribution is -2.32. The van der Waals surface area contributed by atoms with Crippen molar-refractivity contribution >= 4 is 0 Å². The summed E-state index contributed by atoms with van der Waals surface area (Å²) < 4.78 is 10.6. The summed E-state index contributed by atoms with van der Waals surface area (Å²) in [5.41, 5.74) is 2.65. The molecule has 1 aliphatic heterocycles. The molecule has 1 fully saturated rings. The number of methoxy groups -OCH3 is 1. The number of aromatic nitrogens is 2. The van der Waals surface area contributed by atoms with Crippen molar-refractivity contribution in [3.8, 4) is 5.75 Å². The van der Waals surface area contributed by atoms with E-state index in [0.29, 0.717) is 5.92 Å². The Morgan fingerprint density at radius 2 is 2.05 bits per heavy atom. The number of piperidine rings is 1. The first-order valence-corrected chi connectivity index (χ1v) is 7.82. The fourth-order valence-electron chi connectivity index (χ4n) is 3.03. The number of benzene rings is 1. The first kappa shape index (κ1) is 15.0. The minimum absolute atomic E-state index is 0.411. The van der Waals surface area contributed by atoms with Gasteiger partial charge in [0.2, 0.25) is 5.89 Å². The number of aryl methyl sites for hydroxylation is 2. The van der Waals surface area contributed by atoms with E-state index in [2.05, 4.69) is 34.1 Å². The predicted octanol–water partition coefficient (Wildman–Crippen LogP) is 3.07. The van der Waals surface area contributed by atoms with Crippen LogP contribution >= 0.6 is 0 Å². The smallest absolute Gasteiger partial charge is 0.229 e. The number of rotatable bonds is 4. The van der Waals surface area contributed by atoms with Crippen molar-refractivity contribution in [3.63, 3.8) is 0 Å². The van der Waals surface area contributed by atoms with Crippen LogP contribution in [0.25, 0.3) is 0 Å². The maximum atomic E-state index is 5.31. The van der Waals surface area contributed by atoms with Crippen LogP contribution in [0.4, 0.5) is 0 Å². The molecule has 1 aromatic carbocycles. The van der Waals surface area contributed by atoms with E-state index in [1.54, 1.807) is 7.11 Å². The zero-order valence-corrected chi connectivity index (χ0v) is 13.5. The first-order chi connectivity index (χ1) is 10.7. The van der Waals surface area contributed by atoms with Gasteiger partial charge >= 0.3 is 0 Å². The molecule has 5 nitrogen and oxygen atoms in total. The van der Waals surface area contributed by atoms with E-state index >= 15 is 0 Å². The van der Waals surface area contributed by atoms with E-state index < -0.39 is 0 Å². The monoisotopic (exact) mass is 301 g/mol. The van der Waals surface area contributed by atoms with Gasteiger partial charge in [0.1, 0.15) is 5.75 Å². The average Bonchev–Trinajstić information content (AvgIpc) is 2.96. The van der Waals surface area contributed by atoms with Crippen molar-refractivity contribution in [3.05, 3.63) is 41.0 Å². The van der Waals surface area contributed by atoms with Gasteiger partial charge in [-0.15, -0.1) is 0 Å². The van der Waals surface area contributed by atoms with Crippen molar-refractivity contribution in [1.82, 2.24) is 15.0 Å². The molecule has 0 bridgehead atoms. The van der Waals surface area contributed by atoms with Gasteiger partial charge in [0.25, 0.3) is 0 Å². The third-order valence-corrected chi connectivity index (χ3v) is 4.42. The molecule has 2 heterocycles. The molecule has 5 heteroatoms. The third-order valence-electron chi connectivity index (χ3n) is 4.42. The highest BCUT2D eigenvalue weighted by Gasteiger charge is 2.24. The Balaban J connectivity index is 1.58. The summed E-state index contributed by atoms with van der Waals surface area (Å²) in [6, 6.07) is 6.31. The molecule has 22 heavy (non-hydrogen) atoms. The Bertz CT molecular complexity index is 631. The zero-order chi connectivity index (χ0) is 15.5. The zero-order valence-electron chi connectivity index (χ0n) is 13.5. The summed E-state index contributed by atoms with van der Waals surface area (Å²) in [7, 11) is 1.71. The van der Waals surface area contributed by atoms with Gasteiger partial charge in [0, 0.05) is 12.5 Å². The molecule has 118 valence electrons. The van der Waals surface area contributed by atoms with Crippen LogP contribution in [0.2, 0.25) is 0 Å². The summed E-state index contributed by atoms with van der Waals surface area (Å²) in [6.07, 6.45) is 2.16. The van der Waals surface area contributed by atoms with E-state index in [9.17, 15) is 0 Å². The molecule has 3 rings (SSSR count). The molecule has 0 N–H and O–H groups in total. The van der Waals surface area contributed by atoms with Crippen molar-refractivity contribution in [1.29, 1.82) is 0 Å². The van der Waals surface area contributed by atoms with Gasteiger partial charge in [-0.2, -0.15) is 4.98 Å². The van der Waals surface area contributed by atoms with Gasteiger partial charge in [-0.1, -0.05) is 11.2 Å². The lowest BCUT2D eigenvalue weighted by molar-refractivity contribution is 0.187. The summed E-state index contributed by atoms with van der Waals surface area (Å²) in [6.45, 7) is 7.14. The van der Waals surface area contributed by atoms with Crippen molar-refractivity contribution in [2.75, 3.05) is 20.2 Å². The molecule has 1 aliphatic rings. The molecular weight excluding hydrogens is 278 g/mol. The highest BCUT2D eigenvalue weighted by molar-refractivity contribution is 5.34. The van der Waals surface area contributed by atoms with Crippen LogP contribution in [-0.2, 0) is 6.54 Å². The Morgan fingerprint density at radius 3 is 2.64 bits per heavy atom. The number of ether oxygens (including phenoxy) is 1. The number of nitrogens with zero attached hydrogens (tertiary/aromatic N) is 3. The second-order valence-corrected chi connectivity index (χ2v) is 6.02. The van der Waals surface area contributed by atoms with Gasteiger partial charge < -0.3 is 9.26 Å². The molecule has 0 spiro atoms. The second-order valence-electron chi connectivity index (χ2n) is 6.02. The molecule has 0 unspecified atom stereocenters. The van der Waals surface area contributed by atoms with Gasteiger partial charge in [-0.05, 0) is 63.0 Å². The lowest BCUT2D eigenvalue weighted by atomic mass is 9.96. The topological polar surface area (TPSA) is 51.4 Å². The largest absolute Gasteiger partial charge is 0.497 e. The molecule has 1 saturated heterocycles. The van der Waals surface area contributed by atoms with Gasteiger partial charge in [-0.25, -0.2) is 0 Å². The SMILES string of the molecule is COc1ccc(CN2CCC(c3nc(C)no3)CC2)c(C)c1. The molecule has 0 aliphatic carbocycles. The highest BCUT2D eigenvalue weighted by atomic mass is 16.5. The highest BCUT2D eigenvalue weighted by Crippen LogP contribution is 2.28.